The Hall–Kier alpha value is -1.82. The highest BCUT2D eigenvalue weighted by Gasteiger charge is 2.04. The van der Waals surface area contributed by atoms with Crippen LogP contribution in [0, 0.1) is 0 Å². The molecule has 5 heteroatoms. The van der Waals surface area contributed by atoms with Crippen molar-refractivity contribution < 1.29 is 0 Å². The number of rotatable bonds is 3. The van der Waals surface area contributed by atoms with Gasteiger partial charge in [0.25, 0.3) is 0 Å². The van der Waals surface area contributed by atoms with Gasteiger partial charge in [0.1, 0.15) is 10.0 Å². The van der Waals surface area contributed by atoms with Crippen LogP contribution >= 0.6 is 34.0 Å². The van der Waals surface area contributed by atoms with Gasteiger partial charge in [-0.15, -0.1) is 22.7 Å². The highest BCUT2D eigenvalue weighted by Crippen LogP contribution is 2.27. The maximum Gasteiger partial charge on any atom is 0.124 e. The monoisotopic (exact) mass is 326 g/mol. The van der Waals surface area contributed by atoms with E-state index in [1.807, 2.05) is 30.4 Å². The predicted octanol–water partition coefficient (Wildman–Crippen LogP) is 5.65. The van der Waals surface area contributed by atoms with Gasteiger partial charge in [-0.1, -0.05) is 12.1 Å². The molecule has 0 bridgehead atoms. The third-order valence-electron chi connectivity index (χ3n) is 3.00. The molecule has 0 aliphatic carbocycles. The molecule has 21 heavy (non-hydrogen) atoms. The molecule has 0 aliphatic rings. The first kappa shape index (κ1) is 12.9. The Morgan fingerprint density at radius 2 is 1.90 bits per heavy atom. The molecule has 0 radical (unpaired) electrons. The summed E-state index contributed by atoms with van der Waals surface area (Å²) in [6.07, 6.45) is 4.07. The van der Waals surface area contributed by atoms with Crippen LogP contribution in [-0.2, 0) is 0 Å². The number of hydrogen-bond acceptors (Lipinski definition) is 5. The first-order chi connectivity index (χ1) is 10.4. The maximum absolute atomic E-state index is 4.64. The Kier molecular flexibility index (Phi) is 3.39. The summed E-state index contributed by atoms with van der Waals surface area (Å²) in [6, 6.07) is 10.3. The van der Waals surface area contributed by atoms with Gasteiger partial charge in [-0.25, -0.2) is 9.97 Å². The molecule has 0 saturated carbocycles. The average molecular weight is 326 g/mol. The molecule has 3 aromatic heterocycles. The predicted molar refractivity (Wildman–Crippen MR) is 94.0 cm³/mol. The quantitative estimate of drug-likeness (QED) is 0.486. The van der Waals surface area contributed by atoms with Crippen molar-refractivity contribution in [3.8, 4) is 10.6 Å². The number of para-hydroxylation sites is 1. The van der Waals surface area contributed by atoms with Crippen LogP contribution in [0.1, 0.15) is 10.7 Å². The van der Waals surface area contributed by atoms with Gasteiger partial charge in [0, 0.05) is 16.3 Å². The second-order valence-electron chi connectivity index (χ2n) is 4.44. The fraction of sp³-hybridized carbons (Fsp3) is 0. The van der Waals surface area contributed by atoms with E-state index in [1.54, 1.807) is 34.0 Å². The summed E-state index contributed by atoms with van der Waals surface area (Å²) >= 11 is 5.07. The molecular weight excluding hydrogens is 316 g/mol. The topological polar surface area (TPSA) is 25.8 Å². The Morgan fingerprint density at radius 1 is 0.952 bits per heavy atom. The summed E-state index contributed by atoms with van der Waals surface area (Å²) in [5.41, 5.74) is 3.24. The minimum atomic E-state index is 0.987. The molecule has 3 heterocycles. The van der Waals surface area contributed by atoms with Crippen molar-refractivity contribution in [3.05, 3.63) is 57.2 Å². The van der Waals surface area contributed by atoms with Crippen molar-refractivity contribution >= 4 is 56.4 Å². The summed E-state index contributed by atoms with van der Waals surface area (Å²) in [7, 11) is 0. The lowest BCUT2D eigenvalue weighted by Gasteiger charge is -1.86. The molecule has 4 aromatic rings. The van der Waals surface area contributed by atoms with E-state index in [4.69, 9.17) is 0 Å². The number of benzene rings is 1. The molecular formula is C16H10N2S3. The van der Waals surface area contributed by atoms with E-state index in [2.05, 4.69) is 38.2 Å². The molecule has 1 aromatic carbocycles. The van der Waals surface area contributed by atoms with Crippen molar-refractivity contribution in [2.24, 2.45) is 0 Å². The second-order valence-corrected chi connectivity index (χ2v) is 7.14. The standard InChI is InChI=1S/C16H10N2S3/c1-2-4-14-13(3-1)18-15(21-14)6-5-12-10-20-16(17-12)11-7-8-19-9-11/h1-10H. The Labute approximate surface area is 134 Å². The summed E-state index contributed by atoms with van der Waals surface area (Å²) in [4.78, 5) is 9.23. The molecule has 4 rings (SSSR count). The maximum atomic E-state index is 4.64. The van der Waals surface area contributed by atoms with Gasteiger partial charge in [-0.05, 0) is 35.7 Å². The lowest BCUT2D eigenvalue weighted by atomic mass is 10.3. The molecule has 0 N–H and O–H groups in total. The van der Waals surface area contributed by atoms with Gasteiger partial charge < -0.3 is 0 Å². The Bertz CT molecular complexity index is 868. The van der Waals surface area contributed by atoms with E-state index in [0.29, 0.717) is 0 Å². The molecule has 2 nitrogen and oxygen atoms in total. The fourth-order valence-corrected chi connectivity index (χ4v) is 4.37. The van der Waals surface area contributed by atoms with Crippen LogP contribution in [0.15, 0.2) is 46.5 Å². The van der Waals surface area contributed by atoms with Crippen molar-refractivity contribution in [2.45, 2.75) is 0 Å². The van der Waals surface area contributed by atoms with Crippen molar-refractivity contribution in [1.82, 2.24) is 9.97 Å². The molecule has 0 fully saturated rings. The third-order valence-corrected chi connectivity index (χ3v) is 5.59. The molecule has 0 spiro atoms. The Balaban J connectivity index is 1.60. The number of fused-ring (bicyclic) bond motifs is 1. The van der Waals surface area contributed by atoms with Crippen LogP contribution in [0.5, 0.6) is 0 Å². The summed E-state index contributed by atoms with van der Waals surface area (Å²) in [5, 5.41) is 8.37. The van der Waals surface area contributed by atoms with Gasteiger partial charge in [0.15, 0.2) is 0 Å². The van der Waals surface area contributed by atoms with Crippen LogP contribution in [0.25, 0.3) is 32.9 Å². The Morgan fingerprint density at radius 3 is 2.76 bits per heavy atom. The zero-order valence-corrected chi connectivity index (χ0v) is 13.3. The molecule has 0 saturated heterocycles. The summed E-state index contributed by atoms with van der Waals surface area (Å²) < 4.78 is 1.22. The number of thiophene rings is 1. The highest BCUT2D eigenvalue weighted by molar-refractivity contribution is 7.19. The zero-order chi connectivity index (χ0) is 14.1. The number of thiazole rings is 2. The van der Waals surface area contributed by atoms with Crippen molar-refractivity contribution in [1.29, 1.82) is 0 Å². The largest absolute Gasteiger partial charge is 0.237 e. The lowest BCUT2D eigenvalue weighted by molar-refractivity contribution is 1.38. The molecule has 0 amide bonds. The third kappa shape index (κ3) is 2.68. The van der Waals surface area contributed by atoms with E-state index >= 15 is 0 Å². The second kappa shape index (κ2) is 5.52. The van der Waals surface area contributed by atoms with E-state index in [0.717, 1.165) is 21.2 Å². The SMILES string of the molecule is C(=Cc1nc2ccccc2s1)c1csc(-c2ccsc2)n1. The number of nitrogens with zero attached hydrogens (tertiary/aromatic N) is 2. The first-order valence-corrected chi connectivity index (χ1v) is 9.04. The minimum absolute atomic E-state index is 0.987. The van der Waals surface area contributed by atoms with Gasteiger partial charge in [-0.2, -0.15) is 11.3 Å². The normalized spacial score (nSPS) is 11.6. The van der Waals surface area contributed by atoms with E-state index in [-0.39, 0.29) is 0 Å². The summed E-state index contributed by atoms with van der Waals surface area (Å²) in [5.74, 6) is 0. The van der Waals surface area contributed by atoms with Gasteiger partial charge in [0.2, 0.25) is 0 Å². The van der Waals surface area contributed by atoms with E-state index in [9.17, 15) is 0 Å². The summed E-state index contributed by atoms with van der Waals surface area (Å²) in [6.45, 7) is 0. The zero-order valence-electron chi connectivity index (χ0n) is 10.9. The van der Waals surface area contributed by atoms with Gasteiger partial charge in [-0.3, -0.25) is 0 Å². The van der Waals surface area contributed by atoms with E-state index in [1.165, 1.54) is 10.3 Å². The molecule has 0 atom stereocenters. The first-order valence-electron chi connectivity index (χ1n) is 6.40. The number of hydrogen-bond donors (Lipinski definition) is 0. The number of aromatic nitrogens is 2. The van der Waals surface area contributed by atoms with Crippen molar-refractivity contribution in [2.75, 3.05) is 0 Å². The highest BCUT2D eigenvalue weighted by atomic mass is 32.1. The van der Waals surface area contributed by atoms with Crippen LogP contribution in [0.3, 0.4) is 0 Å². The fourth-order valence-electron chi connectivity index (χ4n) is 2.00. The molecule has 102 valence electrons. The molecule has 0 unspecified atom stereocenters. The molecule has 0 aliphatic heterocycles. The van der Waals surface area contributed by atoms with Crippen molar-refractivity contribution in [3.63, 3.8) is 0 Å². The van der Waals surface area contributed by atoms with Crippen LogP contribution in [-0.4, -0.2) is 9.97 Å². The lowest BCUT2D eigenvalue weighted by Crippen LogP contribution is -1.73. The average Bonchev–Trinajstić information content (AvgIpc) is 3.23. The van der Waals surface area contributed by atoms with Crippen LogP contribution in [0.4, 0.5) is 0 Å². The van der Waals surface area contributed by atoms with Crippen LogP contribution in [0.2, 0.25) is 0 Å². The van der Waals surface area contributed by atoms with Gasteiger partial charge >= 0.3 is 0 Å². The smallest absolute Gasteiger partial charge is 0.124 e. The van der Waals surface area contributed by atoms with E-state index < -0.39 is 0 Å². The van der Waals surface area contributed by atoms with Crippen LogP contribution < -0.4 is 0 Å². The van der Waals surface area contributed by atoms with Gasteiger partial charge in [0.05, 0.1) is 15.9 Å². The minimum Gasteiger partial charge on any atom is -0.237 e.